The molecule has 86 valence electrons. The zero-order valence-corrected chi connectivity index (χ0v) is 8.97. The lowest BCUT2D eigenvalue weighted by Gasteiger charge is -2.19. The molecule has 1 unspecified atom stereocenters. The Morgan fingerprint density at radius 1 is 1.44 bits per heavy atom. The average Bonchev–Trinajstić information content (AvgIpc) is 2.69. The Bertz CT molecular complexity index is 446. The van der Waals surface area contributed by atoms with E-state index in [9.17, 15) is 5.11 Å². The molecule has 0 aliphatic heterocycles. The highest BCUT2D eigenvalue weighted by Crippen LogP contribution is 2.18. The highest BCUT2D eigenvalue weighted by Gasteiger charge is 2.19. The van der Waals surface area contributed by atoms with E-state index >= 15 is 0 Å². The van der Waals surface area contributed by atoms with Crippen molar-refractivity contribution in [1.29, 1.82) is 0 Å². The van der Waals surface area contributed by atoms with E-state index in [-0.39, 0.29) is 13.2 Å². The van der Waals surface area contributed by atoms with Gasteiger partial charge in [0.15, 0.2) is 5.58 Å². The molecule has 0 aliphatic rings. The molecule has 1 aromatic carbocycles. The van der Waals surface area contributed by atoms with Gasteiger partial charge >= 0.3 is 0 Å². The lowest BCUT2D eigenvalue weighted by molar-refractivity contribution is 0.0129. The van der Waals surface area contributed by atoms with Crippen molar-refractivity contribution < 1.29 is 14.6 Å². The third kappa shape index (κ3) is 2.32. The van der Waals surface area contributed by atoms with Crippen LogP contribution in [0.5, 0.6) is 0 Å². The molecule has 0 spiro atoms. The van der Waals surface area contributed by atoms with E-state index in [0.717, 1.165) is 5.52 Å². The van der Waals surface area contributed by atoms with Gasteiger partial charge in [0.2, 0.25) is 0 Å². The smallest absolute Gasteiger partial charge is 0.295 e. The molecule has 0 saturated carbocycles. The molecule has 5 nitrogen and oxygen atoms in total. The summed E-state index contributed by atoms with van der Waals surface area (Å²) in [6, 6.07) is 7.74. The van der Waals surface area contributed by atoms with E-state index in [1.165, 1.54) is 6.92 Å². The first kappa shape index (κ1) is 10.9. The highest BCUT2D eigenvalue weighted by atomic mass is 16.4. The van der Waals surface area contributed by atoms with Crippen LogP contribution in [0, 0.1) is 0 Å². The SMILES string of the molecule is CC(O)(CO)CNc1nc2ccccc2o1. The van der Waals surface area contributed by atoms with Gasteiger partial charge in [-0.2, -0.15) is 4.98 Å². The van der Waals surface area contributed by atoms with Gasteiger partial charge in [-0.05, 0) is 19.1 Å². The van der Waals surface area contributed by atoms with Gasteiger partial charge in [-0.25, -0.2) is 0 Å². The molecule has 5 heteroatoms. The van der Waals surface area contributed by atoms with Gasteiger partial charge < -0.3 is 19.9 Å². The van der Waals surface area contributed by atoms with Crippen LogP contribution in [-0.2, 0) is 0 Å². The molecule has 1 atom stereocenters. The van der Waals surface area contributed by atoms with Crippen molar-refractivity contribution in [3.63, 3.8) is 0 Å². The zero-order valence-electron chi connectivity index (χ0n) is 8.97. The minimum absolute atomic E-state index is 0.177. The molecule has 0 aliphatic carbocycles. The summed E-state index contributed by atoms with van der Waals surface area (Å²) in [6.07, 6.45) is 0. The van der Waals surface area contributed by atoms with Crippen LogP contribution in [0.4, 0.5) is 6.01 Å². The van der Waals surface area contributed by atoms with Gasteiger partial charge in [0.25, 0.3) is 6.01 Å². The minimum atomic E-state index is -1.18. The number of aliphatic hydroxyl groups excluding tert-OH is 1. The van der Waals surface area contributed by atoms with Crippen LogP contribution in [0.3, 0.4) is 0 Å². The molecule has 1 heterocycles. The van der Waals surface area contributed by atoms with Crippen molar-refractivity contribution in [2.24, 2.45) is 0 Å². The normalized spacial score (nSPS) is 14.9. The molecule has 0 fully saturated rings. The monoisotopic (exact) mass is 222 g/mol. The van der Waals surface area contributed by atoms with Crippen LogP contribution in [0.15, 0.2) is 28.7 Å². The van der Waals surface area contributed by atoms with E-state index < -0.39 is 5.60 Å². The molecule has 2 aromatic rings. The number of anilines is 1. The predicted octanol–water partition coefficient (Wildman–Crippen LogP) is 0.983. The fraction of sp³-hybridized carbons (Fsp3) is 0.364. The number of para-hydroxylation sites is 2. The first-order valence-corrected chi connectivity index (χ1v) is 5.03. The Kier molecular flexibility index (Phi) is 2.80. The molecule has 0 amide bonds. The zero-order chi connectivity index (χ0) is 11.6. The summed E-state index contributed by atoms with van der Waals surface area (Å²) in [5, 5.41) is 21.3. The third-order valence-corrected chi connectivity index (χ3v) is 2.25. The molecular formula is C11H14N2O3. The summed E-state index contributed by atoms with van der Waals surface area (Å²) in [5.74, 6) is 0. The Balaban J connectivity index is 2.10. The third-order valence-electron chi connectivity index (χ3n) is 2.25. The van der Waals surface area contributed by atoms with Gasteiger partial charge in [0.1, 0.15) is 11.1 Å². The van der Waals surface area contributed by atoms with E-state index in [1.54, 1.807) is 0 Å². The Morgan fingerprint density at radius 2 is 2.19 bits per heavy atom. The minimum Gasteiger partial charge on any atom is -0.424 e. The number of aromatic nitrogens is 1. The summed E-state index contributed by atoms with van der Waals surface area (Å²) >= 11 is 0. The molecular weight excluding hydrogens is 208 g/mol. The second kappa shape index (κ2) is 4.11. The number of aliphatic hydroxyl groups is 2. The molecule has 0 radical (unpaired) electrons. The fourth-order valence-electron chi connectivity index (χ4n) is 1.27. The van der Waals surface area contributed by atoms with E-state index in [0.29, 0.717) is 11.6 Å². The average molecular weight is 222 g/mol. The number of nitrogens with zero attached hydrogens (tertiary/aromatic N) is 1. The molecule has 1 aromatic heterocycles. The number of nitrogens with one attached hydrogen (secondary N) is 1. The summed E-state index contributed by atoms with van der Waals surface area (Å²) in [5.41, 5.74) is 0.267. The maximum Gasteiger partial charge on any atom is 0.295 e. The second-order valence-electron chi connectivity index (χ2n) is 4.00. The first-order valence-electron chi connectivity index (χ1n) is 5.03. The maximum atomic E-state index is 9.58. The number of benzene rings is 1. The van der Waals surface area contributed by atoms with Crippen LogP contribution >= 0.6 is 0 Å². The molecule has 16 heavy (non-hydrogen) atoms. The van der Waals surface area contributed by atoms with Gasteiger partial charge in [-0.1, -0.05) is 12.1 Å². The molecule has 2 rings (SSSR count). The Labute approximate surface area is 92.7 Å². The lowest BCUT2D eigenvalue weighted by atomic mass is 10.1. The highest BCUT2D eigenvalue weighted by molar-refractivity contribution is 5.74. The molecule has 3 N–H and O–H groups in total. The Morgan fingerprint density at radius 3 is 2.88 bits per heavy atom. The van der Waals surface area contributed by atoms with E-state index in [1.807, 2.05) is 24.3 Å². The number of hydrogen-bond acceptors (Lipinski definition) is 5. The van der Waals surface area contributed by atoms with Gasteiger partial charge in [-0.15, -0.1) is 0 Å². The van der Waals surface area contributed by atoms with Crippen LogP contribution in [0.1, 0.15) is 6.92 Å². The van der Waals surface area contributed by atoms with Crippen molar-refractivity contribution in [2.75, 3.05) is 18.5 Å². The van der Waals surface area contributed by atoms with Crippen molar-refractivity contribution in [2.45, 2.75) is 12.5 Å². The molecule has 0 bridgehead atoms. The fourth-order valence-corrected chi connectivity index (χ4v) is 1.27. The van der Waals surface area contributed by atoms with Crippen LogP contribution in [0.25, 0.3) is 11.1 Å². The quantitative estimate of drug-likeness (QED) is 0.718. The summed E-state index contributed by atoms with van der Waals surface area (Å²) in [4.78, 5) is 4.18. The second-order valence-corrected chi connectivity index (χ2v) is 4.00. The first-order chi connectivity index (χ1) is 7.61. The number of hydrogen-bond donors (Lipinski definition) is 3. The molecule has 0 saturated heterocycles. The lowest BCUT2D eigenvalue weighted by Crippen LogP contribution is -2.37. The van der Waals surface area contributed by atoms with Crippen LogP contribution in [-0.4, -0.2) is 33.9 Å². The van der Waals surface area contributed by atoms with Crippen molar-refractivity contribution >= 4 is 17.1 Å². The number of oxazole rings is 1. The maximum absolute atomic E-state index is 9.58. The van der Waals surface area contributed by atoms with Crippen molar-refractivity contribution in [3.05, 3.63) is 24.3 Å². The van der Waals surface area contributed by atoms with Crippen LogP contribution < -0.4 is 5.32 Å². The summed E-state index contributed by atoms with van der Waals surface area (Å²) in [6.45, 7) is 1.39. The standard InChI is InChI=1S/C11H14N2O3/c1-11(15,7-14)6-12-10-13-8-4-2-3-5-9(8)16-10/h2-5,14-15H,6-7H2,1H3,(H,12,13). The number of fused-ring (bicyclic) bond motifs is 1. The van der Waals surface area contributed by atoms with Gasteiger partial charge in [0, 0.05) is 6.54 Å². The van der Waals surface area contributed by atoms with E-state index in [4.69, 9.17) is 9.52 Å². The summed E-state index contributed by atoms with van der Waals surface area (Å²) < 4.78 is 5.39. The predicted molar refractivity (Wildman–Crippen MR) is 60.2 cm³/mol. The van der Waals surface area contributed by atoms with Gasteiger partial charge in [-0.3, -0.25) is 0 Å². The Hall–Kier alpha value is -1.59. The largest absolute Gasteiger partial charge is 0.424 e. The summed E-state index contributed by atoms with van der Waals surface area (Å²) in [7, 11) is 0. The van der Waals surface area contributed by atoms with Gasteiger partial charge in [0.05, 0.1) is 6.61 Å². The van der Waals surface area contributed by atoms with Crippen molar-refractivity contribution in [3.8, 4) is 0 Å². The number of rotatable bonds is 4. The topological polar surface area (TPSA) is 78.5 Å². The van der Waals surface area contributed by atoms with Crippen molar-refractivity contribution in [1.82, 2.24) is 4.98 Å². The van der Waals surface area contributed by atoms with Crippen LogP contribution in [0.2, 0.25) is 0 Å². The van der Waals surface area contributed by atoms with E-state index in [2.05, 4.69) is 10.3 Å².